The molecule has 0 aromatic heterocycles. The van der Waals surface area contributed by atoms with E-state index in [1.807, 2.05) is 48.5 Å². The summed E-state index contributed by atoms with van der Waals surface area (Å²) in [7, 11) is 0. The first-order valence-corrected chi connectivity index (χ1v) is 13.6. The highest BCUT2D eigenvalue weighted by atomic mass is 127. The first-order valence-electron chi connectivity index (χ1n) is 11.5. The Labute approximate surface area is 247 Å². The van der Waals surface area contributed by atoms with Gasteiger partial charge in [0, 0.05) is 5.69 Å². The second kappa shape index (κ2) is 13.4. The van der Waals surface area contributed by atoms with Gasteiger partial charge in [-0.15, -0.1) is 0 Å². The number of anilines is 1. The summed E-state index contributed by atoms with van der Waals surface area (Å²) >= 11 is 4.28. The molecule has 0 spiro atoms. The molecule has 0 heterocycles. The van der Waals surface area contributed by atoms with Crippen molar-refractivity contribution in [3.05, 3.63) is 126 Å². The number of nitriles is 1. The van der Waals surface area contributed by atoms with Crippen molar-refractivity contribution in [2.45, 2.75) is 13.2 Å². The molecule has 0 aliphatic heterocycles. The Kier molecular flexibility index (Phi) is 9.73. The van der Waals surface area contributed by atoms with Crippen LogP contribution in [0.2, 0.25) is 0 Å². The van der Waals surface area contributed by atoms with E-state index in [0.717, 1.165) is 18.3 Å². The van der Waals surface area contributed by atoms with Gasteiger partial charge < -0.3 is 14.8 Å². The van der Waals surface area contributed by atoms with E-state index in [1.165, 1.54) is 18.2 Å². The molecule has 38 heavy (non-hydrogen) atoms. The third kappa shape index (κ3) is 7.79. The van der Waals surface area contributed by atoms with E-state index in [4.69, 9.17) is 9.47 Å². The van der Waals surface area contributed by atoms with Crippen molar-refractivity contribution in [3.8, 4) is 17.6 Å². The quantitative estimate of drug-likeness (QED) is 0.109. The van der Waals surface area contributed by atoms with Crippen LogP contribution < -0.4 is 14.8 Å². The van der Waals surface area contributed by atoms with E-state index in [-0.39, 0.29) is 18.0 Å². The van der Waals surface area contributed by atoms with Crippen LogP contribution in [-0.2, 0) is 18.0 Å². The molecule has 5 nitrogen and oxygen atoms in total. The third-order valence-corrected chi connectivity index (χ3v) is 6.93. The molecule has 0 fully saturated rings. The highest BCUT2D eigenvalue weighted by Crippen LogP contribution is 2.31. The summed E-state index contributed by atoms with van der Waals surface area (Å²) in [5.74, 6) is 0.504. The number of amides is 1. The van der Waals surface area contributed by atoms with E-state index in [2.05, 4.69) is 50.5 Å². The summed E-state index contributed by atoms with van der Waals surface area (Å²) in [6.07, 6.45) is 1.54. The van der Waals surface area contributed by atoms with Gasteiger partial charge in [0.1, 0.15) is 42.2 Å². The minimum absolute atomic E-state index is 0.0329. The third-order valence-electron chi connectivity index (χ3n) is 5.33. The fourth-order valence-electron chi connectivity index (χ4n) is 3.47. The molecule has 0 aliphatic rings. The molecular formula is C30H21FI2N2O3. The van der Waals surface area contributed by atoms with Crippen molar-refractivity contribution >= 4 is 62.9 Å². The van der Waals surface area contributed by atoms with Crippen LogP contribution in [-0.4, -0.2) is 5.91 Å². The molecular weight excluding hydrogens is 709 g/mol. The van der Waals surface area contributed by atoms with Crippen LogP contribution in [0.15, 0.2) is 96.6 Å². The second-order valence-corrected chi connectivity index (χ2v) is 10.5. The maximum atomic E-state index is 13.4. The topological polar surface area (TPSA) is 71.3 Å². The smallest absolute Gasteiger partial charge is 0.266 e. The van der Waals surface area contributed by atoms with Crippen LogP contribution in [0.5, 0.6) is 11.5 Å². The summed E-state index contributed by atoms with van der Waals surface area (Å²) in [5, 5.41) is 12.4. The monoisotopic (exact) mass is 730 g/mol. The molecule has 0 atom stereocenters. The largest absolute Gasteiger partial charge is 0.489 e. The number of nitrogens with one attached hydrogen (secondary N) is 1. The predicted octanol–water partition coefficient (Wildman–Crippen LogP) is 7.74. The van der Waals surface area contributed by atoms with Gasteiger partial charge in [-0.2, -0.15) is 5.26 Å². The maximum Gasteiger partial charge on any atom is 0.266 e. The Bertz CT molecular complexity index is 1480. The highest BCUT2D eigenvalue weighted by molar-refractivity contribution is 14.1. The normalized spacial score (nSPS) is 10.9. The zero-order valence-electron chi connectivity index (χ0n) is 20.0. The number of carbonyl (C=O) groups is 1. The van der Waals surface area contributed by atoms with Gasteiger partial charge in [-0.25, -0.2) is 4.39 Å². The number of hydrogen-bond donors (Lipinski definition) is 1. The van der Waals surface area contributed by atoms with Crippen LogP contribution in [0.1, 0.15) is 16.7 Å². The number of nitrogens with zero attached hydrogens (tertiary/aromatic N) is 1. The predicted molar refractivity (Wildman–Crippen MR) is 162 cm³/mol. The zero-order chi connectivity index (χ0) is 26.9. The molecule has 0 saturated carbocycles. The Morgan fingerprint density at radius 2 is 1.53 bits per heavy atom. The number of halogens is 3. The molecule has 4 rings (SSSR count). The van der Waals surface area contributed by atoms with Gasteiger partial charge in [0.05, 0.1) is 7.14 Å². The van der Waals surface area contributed by atoms with Crippen molar-refractivity contribution in [3.63, 3.8) is 0 Å². The van der Waals surface area contributed by atoms with Gasteiger partial charge in [-0.3, -0.25) is 4.79 Å². The van der Waals surface area contributed by atoms with Gasteiger partial charge in [0.25, 0.3) is 5.91 Å². The Morgan fingerprint density at radius 1 is 0.868 bits per heavy atom. The number of benzene rings is 4. The molecule has 4 aromatic carbocycles. The molecule has 8 heteroatoms. The van der Waals surface area contributed by atoms with Crippen molar-refractivity contribution in [1.29, 1.82) is 5.26 Å². The number of carbonyl (C=O) groups excluding carboxylic acids is 1. The summed E-state index contributed by atoms with van der Waals surface area (Å²) in [4.78, 5) is 12.8. The average molecular weight is 730 g/mol. The van der Waals surface area contributed by atoms with Crippen LogP contribution in [0, 0.1) is 24.3 Å². The van der Waals surface area contributed by atoms with Crippen molar-refractivity contribution in [2.75, 3.05) is 5.32 Å². The SMILES string of the molecule is N#C/C(=C\c1cc(I)c(OCc2cccc(F)c2)c(I)c1)C(=O)Nc1ccc(OCc2ccccc2)cc1. The van der Waals surface area contributed by atoms with Crippen LogP contribution >= 0.6 is 45.2 Å². The number of hydrogen-bond acceptors (Lipinski definition) is 4. The lowest BCUT2D eigenvalue weighted by atomic mass is 10.1. The molecule has 1 N–H and O–H groups in total. The van der Waals surface area contributed by atoms with Crippen LogP contribution in [0.3, 0.4) is 0 Å². The summed E-state index contributed by atoms with van der Waals surface area (Å²) in [6.45, 7) is 0.668. The molecule has 0 aliphatic carbocycles. The lowest BCUT2D eigenvalue weighted by Crippen LogP contribution is -2.13. The summed E-state index contributed by atoms with van der Waals surface area (Å²) in [5.41, 5.74) is 2.99. The minimum Gasteiger partial charge on any atom is -0.489 e. The van der Waals surface area contributed by atoms with E-state index >= 15 is 0 Å². The van der Waals surface area contributed by atoms with Gasteiger partial charge in [0.15, 0.2) is 0 Å². The zero-order valence-corrected chi connectivity index (χ0v) is 24.3. The Hall–Kier alpha value is -3.43. The first kappa shape index (κ1) is 27.6. The Balaban J connectivity index is 1.39. The summed E-state index contributed by atoms with van der Waals surface area (Å²) < 4.78 is 26.7. The van der Waals surface area contributed by atoms with Crippen molar-refractivity contribution in [1.82, 2.24) is 0 Å². The van der Waals surface area contributed by atoms with E-state index < -0.39 is 5.91 Å². The van der Waals surface area contributed by atoms with E-state index in [0.29, 0.717) is 29.4 Å². The maximum absolute atomic E-state index is 13.4. The first-order chi connectivity index (χ1) is 18.4. The summed E-state index contributed by atoms with van der Waals surface area (Å²) in [6, 6.07) is 28.7. The van der Waals surface area contributed by atoms with Gasteiger partial charge in [-0.1, -0.05) is 42.5 Å². The van der Waals surface area contributed by atoms with E-state index in [9.17, 15) is 14.4 Å². The lowest BCUT2D eigenvalue weighted by Gasteiger charge is -2.12. The van der Waals surface area contributed by atoms with Crippen LogP contribution in [0.4, 0.5) is 10.1 Å². The molecule has 0 saturated heterocycles. The molecule has 0 unspecified atom stereocenters. The average Bonchev–Trinajstić information content (AvgIpc) is 2.91. The molecule has 1 amide bonds. The standard InChI is InChI=1S/C30H21FI2N2O3/c31-24-8-4-7-21(14-24)19-38-29-27(32)15-22(16-28(29)33)13-23(17-34)30(36)35-25-9-11-26(12-10-25)37-18-20-5-2-1-3-6-20/h1-16H,18-19H2,(H,35,36)/b23-13+. The minimum atomic E-state index is -0.512. The second-order valence-electron chi connectivity index (χ2n) is 8.15. The Morgan fingerprint density at radius 3 is 2.18 bits per heavy atom. The fraction of sp³-hybridized carbons (Fsp3) is 0.0667. The number of rotatable bonds is 9. The molecule has 4 aromatic rings. The van der Waals surface area contributed by atoms with Crippen LogP contribution in [0.25, 0.3) is 6.08 Å². The van der Waals surface area contributed by atoms with Crippen molar-refractivity contribution in [2.24, 2.45) is 0 Å². The van der Waals surface area contributed by atoms with Crippen molar-refractivity contribution < 1.29 is 18.7 Å². The van der Waals surface area contributed by atoms with Gasteiger partial charge >= 0.3 is 0 Å². The molecule has 0 radical (unpaired) electrons. The van der Waals surface area contributed by atoms with Gasteiger partial charge in [0.2, 0.25) is 0 Å². The lowest BCUT2D eigenvalue weighted by molar-refractivity contribution is -0.112. The molecule has 190 valence electrons. The number of ether oxygens (including phenoxy) is 2. The highest BCUT2D eigenvalue weighted by Gasteiger charge is 2.13. The van der Waals surface area contributed by atoms with E-state index in [1.54, 1.807) is 36.4 Å². The fourth-order valence-corrected chi connectivity index (χ4v) is 5.60. The van der Waals surface area contributed by atoms with Gasteiger partial charge in [-0.05, 0) is 116 Å². The molecule has 0 bridgehead atoms.